The highest BCUT2D eigenvalue weighted by atomic mass is 32.2. The Morgan fingerprint density at radius 1 is 1.17 bits per heavy atom. The maximum atomic E-state index is 13.7. The molecule has 162 valence electrons. The lowest BCUT2D eigenvalue weighted by atomic mass is 10.1. The van der Waals surface area contributed by atoms with Crippen molar-refractivity contribution in [2.45, 2.75) is 17.7 Å². The van der Waals surface area contributed by atoms with Crippen LogP contribution in [0.2, 0.25) is 0 Å². The summed E-state index contributed by atoms with van der Waals surface area (Å²) in [6.07, 6.45) is -0.0948. The van der Waals surface area contributed by atoms with Crippen LogP contribution in [0.1, 0.15) is 12.0 Å². The third kappa shape index (κ3) is 5.13. The van der Waals surface area contributed by atoms with E-state index in [0.29, 0.717) is 13.2 Å². The number of hydrogen-bond donors (Lipinski definition) is 1. The van der Waals surface area contributed by atoms with Crippen LogP contribution < -0.4 is 10.1 Å². The van der Waals surface area contributed by atoms with Crippen molar-refractivity contribution in [3.05, 3.63) is 53.6 Å². The number of halogens is 2. The van der Waals surface area contributed by atoms with Gasteiger partial charge in [0.05, 0.1) is 20.3 Å². The van der Waals surface area contributed by atoms with E-state index >= 15 is 0 Å². The van der Waals surface area contributed by atoms with Gasteiger partial charge in [-0.2, -0.15) is 4.31 Å². The van der Waals surface area contributed by atoms with Gasteiger partial charge in [-0.25, -0.2) is 17.2 Å². The lowest BCUT2D eigenvalue weighted by molar-refractivity contribution is -0.116. The van der Waals surface area contributed by atoms with Gasteiger partial charge >= 0.3 is 0 Å². The van der Waals surface area contributed by atoms with Crippen LogP contribution >= 0.6 is 0 Å². The van der Waals surface area contributed by atoms with Crippen molar-refractivity contribution in [1.29, 1.82) is 0 Å². The fourth-order valence-electron chi connectivity index (χ4n) is 3.09. The van der Waals surface area contributed by atoms with Crippen molar-refractivity contribution in [3.63, 3.8) is 0 Å². The zero-order valence-electron chi connectivity index (χ0n) is 16.4. The van der Waals surface area contributed by atoms with E-state index in [2.05, 4.69) is 5.32 Å². The van der Waals surface area contributed by atoms with Crippen LogP contribution in [0.15, 0.2) is 41.3 Å². The Kier molecular flexibility index (Phi) is 7.01. The lowest BCUT2D eigenvalue weighted by Crippen LogP contribution is -2.40. The second kappa shape index (κ2) is 9.50. The molecule has 1 N–H and O–H groups in total. The van der Waals surface area contributed by atoms with Crippen LogP contribution in [-0.4, -0.2) is 52.0 Å². The highest BCUT2D eigenvalue weighted by Crippen LogP contribution is 2.30. The molecule has 0 radical (unpaired) electrons. The highest BCUT2D eigenvalue weighted by molar-refractivity contribution is 7.89. The molecule has 2 aromatic carbocycles. The fourth-order valence-corrected chi connectivity index (χ4v) is 4.68. The molecule has 0 saturated carbocycles. The summed E-state index contributed by atoms with van der Waals surface area (Å²) in [5.41, 5.74) is 0.350. The first kappa shape index (κ1) is 22.1. The smallest absolute Gasteiger partial charge is 0.246 e. The maximum absolute atomic E-state index is 13.7. The number of carbonyl (C=O) groups is 1. The number of nitrogens with one attached hydrogen (secondary N) is 1. The average molecular weight is 440 g/mol. The van der Waals surface area contributed by atoms with E-state index in [-0.39, 0.29) is 47.8 Å². The minimum Gasteiger partial charge on any atom is -0.495 e. The summed E-state index contributed by atoms with van der Waals surface area (Å²) in [7, 11) is -2.48. The van der Waals surface area contributed by atoms with Crippen molar-refractivity contribution in [1.82, 2.24) is 4.31 Å². The highest BCUT2D eigenvalue weighted by Gasteiger charge is 2.29. The summed E-state index contributed by atoms with van der Waals surface area (Å²) in [5.74, 6) is -1.48. The standard InChI is InChI=1S/C20H22F2N2O5S/c1-28-18-6-4-16(13-19(18)30(26,27)24-8-10-29-11-9-24)23-20(25)7-2-14-12-15(21)3-5-17(14)22/h3-6,12-13H,2,7-11H2,1H3,(H,23,25). The van der Waals surface area contributed by atoms with E-state index in [4.69, 9.17) is 9.47 Å². The second-order valence-corrected chi connectivity index (χ2v) is 8.57. The number of sulfonamides is 1. The molecule has 0 aliphatic carbocycles. The van der Waals surface area contributed by atoms with Crippen molar-refractivity contribution in [2.24, 2.45) is 0 Å². The summed E-state index contributed by atoms with van der Waals surface area (Å²) < 4.78 is 64.6. The van der Waals surface area contributed by atoms with E-state index in [9.17, 15) is 22.0 Å². The Bertz CT molecular complexity index is 1020. The predicted octanol–water partition coefficient (Wildman–Crippen LogP) is 2.57. The van der Waals surface area contributed by atoms with Crippen molar-refractivity contribution in [3.8, 4) is 5.75 Å². The molecule has 0 unspecified atom stereocenters. The number of benzene rings is 2. The summed E-state index contributed by atoms with van der Waals surface area (Å²) in [5, 5.41) is 2.59. The molecule has 10 heteroatoms. The predicted molar refractivity (Wildman–Crippen MR) is 106 cm³/mol. The third-order valence-corrected chi connectivity index (χ3v) is 6.58. The van der Waals surface area contributed by atoms with Gasteiger partial charge in [0.25, 0.3) is 0 Å². The van der Waals surface area contributed by atoms with Gasteiger partial charge in [-0.05, 0) is 48.4 Å². The fraction of sp³-hybridized carbons (Fsp3) is 0.350. The summed E-state index contributed by atoms with van der Waals surface area (Å²) >= 11 is 0. The number of ether oxygens (including phenoxy) is 2. The van der Waals surface area contributed by atoms with Gasteiger partial charge in [0.2, 0.25) is 15.9 Å². The molecule has 3 rings (SSSR count). The molecule has 2 aromatic rings. The molecule has 1 fully saturated rings. The molecule has 0 atom stereocenters. The quantitative estimate of drug-likeness (QED) is 0.715. The van der Waals surface area contributed by atoms with Crippen LogP contribution in [0.25, 0.3) is 0 Å². The molecule has 7 nitrogen and oxygen atoms in total. The first-order valence-electron chi connectivity index (χ1n) is 9.31. The first-order chi connectivity index (χ1) is 14.3. The topological polar surface area (TPSA) is 84.9 Å². The Labute approximate surface area is 173 Å². The molecule has 0 spiro atoms. The van der Waals surface area contributed by atoms with Gasteiger partial charge in [0, 0.05) is 25.2 Å². The van der Waals surface area contributed by atoms with Crippen LogP contribution in [0, 0.1) is 11.6 Å². The number of hydrogen-bond acceptors (Lipinski definition) is 5. The summed E-state index contributed by atoms with van der Waals surface area (Å²) in [6, 6.07) is 7.35. The zero-order valence-corrected chi connectivity index (χ0v) is 17.2. The molecule has 30 heavy (non-hydrogen) atoms. The van der Waals surface area contributed by atoms with Crippen LogP contribution in [0.4, 0.5) is 14.5 Å². The largest absolute Gasteiger partial charge is 0.495 e. The number of amides is 1. The van der Waals surface area contributed by atoms with E-state index in [1.54, 1.807) is 0 Å². The van der Waals surface area contributed by atoms with Crippen molar-refractivity contribution >= 4 is 21.6 Å². The minimum absolute atomic E-state index is 0.00448. The van der Waals surface area contributed by atoms with Gasteiger partial charge in [-0.1, -0.05) is 0 Å². The second-order valence-electron chi connectivity index (χ2n) is 6.67. The monoisotopic (exact) mass is 440 g/mol. The van der Waals surface area contributed by atoms with Crippen LogP contribution in [0.5, 0.6) is 5.75 Å². The summed E-state index contributed by atoms with van der Waals surface area (Å²) in [4.78, 5) is 12.2. The number of rotatable bonds is 7. The molecule has 1 saturated heterocycles. The van der Waals surface area contributed by atoms with Crippen LogP contribution in [-0.2, 0) is 26.0 Å². The number of methoxy groups -OCH3 is 1. The molecule has 1 aliphatic rings. The van der Waals surface area contributed by atoms with Gasteiger partial charge in [0.15, 0.2) is 0 Å². The molecular formula is C20H22F2N2O5S. The zero-order chi connectivity index (χ0) is 21.7. The van der Waals surface area contributed by atoms with Crippen LogP contribution in [0.3, 0.4) is 0 Å². The first-order valence-corrected chi connectivity index (χ1v) is 10.7. The van der Waals surface area contributed by atoms with Gasteiger partial charge < -0.3 is 14.8 Å². The van der Waals surface area contributed by atoms with Gasteiger partial charge in [0.1, 0.15) is 22.3 Å². The molecule has 1 aliphatic heterocycles. The molecule has 0 aromatic heterocycles. The minimum atomic E-state index is -3.84. The number of morpholine rings is 1. The molecule has 1 heterocycles. The molecule has 0 bridgehead atoms. The number of carbonyl (C=O) groups excluding carboxylic acids is 1. The Balaban J connectivity index is 1.74. The SMILES string of the molecule is COc1ccc(NC(=O)CCc2cc(F)ccc2F)cc1S(=O)(=O)N1CCOCC1. The van der Waals surface area contributed by atoms with Crippen molar-refractivity contribution in [2.75, 3.05) is 38.7 Å². The van der Waals surface area contributed by atoms with E-state index in [0.717, 1.165) is 18.2 Å². The summed E-state index contributed by atoms with van der Waals surface area (Å²) in [6.45, 7) is 1.05. The molecule has 1 amide bonds. The van der Waals surface area contributed by atoms with E-state index in [1.165, 1.54) is 29.6 Å². The Morgan fingerprint density at radius 2 is 1.90 bits per heavy atom. The van der Waals surface area contributed by atoms with Gasteiger partial charge in [-0.3, -0.25) is 4.79 Å². The Hall–Kier alpha value is -2.56. The van der Waals surface area contributed by atoms with E-state index in [1.807, 2.05) is 0 Å². The number of nitrogens with zero attached hydrogens (tertiary/aromatic N) is 1. The third-order valence-electron chi connectivity index (χ3n) is 4.66. The number of anilines is 1. The normalized spacial score (nSPS) is 15.0. The number of aryl methyl sites for hydroxylation is 1. The van der Waals surface area contributed by atoms with Gasteiger partial charge in [-0.15, -0.1) is 0 Å². The Morgan fingerprint density at radius 3 is 2.60 bits per heavy atom. The average Bonchev–Trinajstić information content (AvgIpc) is 2.75. The lowest BCUT2D eigenvalue weighted by Gasteiger charge is -2.26. The maximum Gasteiger partial charge on any atom is 0.246 e. The van der Waals surface area contributed by atoms with E-state index < -0.39 is 27.6 Å². The van der Waals surface area contributed by atoms with Crippen molar-refractivity contribution < 1.29 is 31.5 Å². The molecular weight excluding hydrogens is 418 g/mol.